The van der Waals surface area contributed by atoms with Gasteiger partial charge in [-0.3, -0.25) is 4.79 Å². The van der Waals surface area contributed by atoms with Gasteiger partial charge in [0.15, 0.2) is 0 Å². The fourth-order valence-electron chi connectivity index (χ4n) is 4.03. The molecule has 0 aliphatic heterocycles. The van der Waals surface area contributed by atoms with E-state index in [0.29, 0.717) is 0 Å². The van der Waals surface area contributed by atoms with Crippen molar-refractivity contribution in [3.63, 3.8) is 0 Å². The van der Waals surface area contributed by atoms with Crippen LogP contribution in [0.25, 0.3) is 28.0 Å². The highest BCUT2D eigenvalue weighted by Crippen LogP contribution is 2.48. The fraction of sp³-hybridized carbons (Fsp3) is 0.125. The lowest BCUT2D eigenvalue weighted by Crippen LogP contribution is -2.11. The number of fused-ring (bicyclic) bond motifs is 2. The van der Waals surface area contributed by atoms with Gasteiger partial charge < -0.3 is 10.8 Å². The summed E-state index contributed by atoms with van der Waals surface area (Å²) in [5.41, 5.74) is 11.3. The van der Waals surface area contributed by atoms with Crippen LogP contribution in [0.15, 0.2) is 66.2 Å². The summed E-state index contributed by atoms with van der Waals surface area (Å²) in [6.45, 7) is 2.07. The van der Waals surface area contributed by atoms with E-state index in [4.69, 9.17) is 5.73 Å². The van der Waals surface area contributed by atoms with Crippen LogP contribution in [0, 0.1) is 0 Å². The summed E-state index contributed by atoms with van der Waals surface area (Å²) in [5, 5.41) is 12.8. The molecule has 0 radical (unpaired) electrons. The van der Waals surface area contributed by atoms with E-state index >= 15 is 0 Å². The molecule has 3 heteroatoms. The van der Waals surface area contributed by atoms with Crippen LogP contribution in [0.2, 0.25) is 0 Å². The van der Waals surface area contributed by atoms with Crippen LogP contribution in [-0.2, 0) is 4.79 Å². The van der Waals surface area contributed by atoms with E-state index in [9.17, 15) is 9.90 Å². The van der Waals surface area contributed by atoms with Gasteiger partial charge in [-0.05, 0) is 57.2 Å². The second-order valence-corrected chi connectivity index (χ2v) is 6.78. The first-order valence-electron chi connectivity index (χ1n) is 9.13. The number of phenolic OH excluding ortho intramolecular Hbond substituents is 1. The van der Waals surface area contributed by atoms with E-state index in [2.05, 4.69) is 37.3 Å². The minimum Gasteiger partial charge on any atom is -0.507 e. The number of hydrogen-bond donors (Lipinski definition) is 2. The van der Waals surface area contributed by atoms with Crippen LogP contribution < -0.4 is 5.73 Å². The van der Waals surface area contributed by atoms with Gasteiger partial charge in [0.2, 0.25) is 5.91 Å². The molecule has 0 spiro atoms. The lowest BCUT2D eigenvalue weighted by atomic mass is 9.96. The molecule has 3 N–H and O–H groups in total. The zero-order valence-corrected chi connectivity index (χ0v) is 15.2. The smallest absolute Gasteiger partial charge is 0.221 e. The van der Waals surface area contributed by atoms with Crippen molar-refractivity contribution in [3.05, 3.63) is 82.9 Å². The molecule has 0 heterocycles. The summed E-state index contributed by atoms with van der Waals surface area (Å²) in [7, 11) is 0. The molecule has 4 rings (SSSR count). The first kappa shape index (κ1) is 17.1. The molecule has 3 aromatic carbocycles. The Balaban J connectivity index is 1.99. The normalized spacial score (nSPS) is 14.8. The molecule has 0 atom stereocenters. The van der Waals surface area contributed by atoms with Crippen molar-refractivity contribution in [1.29, 1.82) is 0 Å². The molecule has 134 valence electrons. The Morgan fingerprint density at radius 3 is 2.52 bits per heavy atom. The van der Waals surface area contributed by atoms with E-state index in [1.165, 1.54) is 10.8 Å². The lowest BCUT2D eigenvalue weighted by molar-refractivity contribution is -0.117. The Morgan fingerprint density at radius 2 is 1.74 bits per heavy atom. The van der Waals surface area contributed by atoms with Crippen molar-refractivity contribution < 1.29 is 9.90 Å². The summed E-state index contributed by atoms with van der Waals surface area (Å²) in [6, 6.07) is 20.0. The highest BCUT2D eigenvalue weighted by atomic mass is 16.3. The minimum atomic E-state index is -0.392. The maximum Gasteiger partial charge on any atom is 0.221 e. The Hall–Kier alpha value is -3.33. The van der Waals surface area contributed by atoms with Gasteiger partial charge >= 0.3 is 0 Å². The molecule has 3 nitrogen and oxygen atoms in total. The van der Waals surface area contributed by atoms with Crippen molar-refractivity contribution in [2.45, 2.75) is 19.8 Å². The maximum absolute atomic E-state index is 11.7. The first-order chi connectivity index (χ1) is 13.1. The molecule has 0 unspecified atom stereocenters. The van der Waals surface area contributed by atoms with Gasteiger partial charge in [0.1, 0.15) is 5.75 Å². The second-order valence-electron chi connectivity index (χ2n) is 6.78. The number of amides is 1. The number of aromatic hydroxyl groups is 1. The van der Waals surface area contributed by atoms with Gasteiger partial charge in [-0.15, -0.1) is 0 Å². The number of carbonyl (C=O) groups excluding carboxylic acids is 1. The largest absolute Gasteiger partial charge is 0.507 e. The summed E-state index contributed by atoms with van der Waals surface area (Å²) in [6.07, 6.45) is 3.04. The quantitative estimate of drug-likeness (QED) is 0.681. The van der Waals surface area contributed by atoms with Crippen LogP contribution in [-0.4, -0.2) is 11.0 Å². The standard InChI is InChI=1S/C24H21NO2/c1-2-17-20(13-16-9-5-8-15-7-3-4-10-18(15)16)19-11-6-12-22(26)24(19)21(17)14-23(25)27/h3-13,26H,2,14H2,1H3,(H2,25,27). The van der Waals surface area contributed by atoms with Gasteiger partial charge in [0.25, 0.3) is 0 Å². The third-order valence-electron chi connectivity index (χ3n) is 5.15. The van der Waals surface area contributed by atoms with Crippen molar-refractivity contribution in [2.24, 2.45) is 5.73 Å². The highest BCUT2D eigenvalue weighted by Gasteiger charge is 2.28. The Bertz CT molecular complexity index is 1120. The molecule has 1 amide bonds. The van der Waals surface area contributed by atoms with Crippen LogP contribution in [0.5, 0.6) is 5.75 Å². The number of benzene rings is 3. The predicted molar refractivity (Wildman–Crippen MR) is 111 cm³/mol. The first-order valence-corrected chi connectivity index (χ1v) is 9.13. The molecular formula is C24H21NO2. The number of carbonyl (C=O) groups is 1. The number of primary amides is 1. The molecular weight excluding hydrogens is 334 g/mol. The average molecular weight is 355 g/mol. The van der Waals surface area contributed by atoms with Gasteiger partial charge in [-0.25, -0.2) is 0 Å². The molecule has 0 saturated carbocycles. The van der Waals surface area contributed by atoms with Gasteiger partial charge in [0.05, 0.1) is 6.42 Å². The highest BCUT2D eigenvalue weighted by molar-refractivity contribution is 6.10. The summed E-state index contributed by atoms with van der Waals surface area (Å²) < 4.78 is 0. The molecule has 0 bridgehead atoms. The van der Waals surface area contributed by atoms with E-state index in [1.54, 1.807) is 6.07 Å². The SMILES string of the molecule is CCC1=C(CC(N)=O)c2c(O)cccc2C1=Cc1cccc2ccccc12. The van der Waals surface area contributed by atoms with Gasteiger partial charge in [-0.2, -0.15) is 0 Å². The van der Waals surface area contributed by atoms with Crippen LogP contribution in [0.1, 0.15) is 36.5 Å². The maximum atomic E-state index is 11.7. The Labute approximate surface area is 158 Å². The van der Waals surface area contributed by atoms with Crippen LogP contribution >= 0.6 is 0 Å². The third-order valence-corrected chi connectivity index (χ3v) is 5.15. The molecule has 27 heavy (non-hydrogen) atoms. The summed E-state index contributed by atoms with van der Waals surface area (Å²) >= 11 is 0. The van der Waals surface area contributed by atoms with Crippen LogP contribution in [0.4, 0.5) is 0 Å². The molecule has 0 saturated heterocycles. The van der Waals surface area contributed by atoms with Gasteiger partial charge in [-0.1, -0.05) is 61.5 Å². The van der Waals surface area contributed by atoms with E-state index in [0.717, 1.165) is 39.8 Å². The molecule has 1 aliphatic carbocycles. The number of hydrogen-bond acceptors (Lipinski definition) is 2. The molecule has 3 aromatic rings. The molecule has 0 fully saturated rings. The summed E-state index contributed by atoms with van der Waals surface area (Å²) in [4.78, 5) is 11.7. The fourth-order valence-corrected chi connectivity index (χ4v) is 4.03. The topological polar surface area (TPSA) is 63.3 Å². The molecule has 1 aliphatic rings. The predicted octanol–water partition coefficient (Wildman–Crippen LogP) is 5.14. The van der Waals surface area contributed by atoms with Gasteiger partial charge in [0, 0.05) is 5.56 Å². The van der Waals surface area contributed by atoms with Crippen molar-refractivity contribution in [2.75, 3.05) is 0 Å². The average Bonchev–Trinajstić information content (AvgIpc) is 2.95. The number of phenols is 1. The van der Waals surface area contributed by atoms with E-state index < -0.39 is 5.91 Å². The van der Waals surface area contributed by atoms with Crippen molar-refractivity contribution in [3.8, 4) is 5.75 Å². The van der Waals surface area contributed by atoms with Crippen LogP contribution in [0.3, 0.4) is 0 Å². The Morgan fingerprint density at radius 1 is 1.00 bits per heavy atom. The number of allylic oxidation sites excluding steroid dienone is 2. The number of nitrogens with two attached hydrogens (primary N) is 1. The number of rotatable bonds is 4. The lowest BCUT2D eigenvalue weighted by Gasteiger charge is -2.08. The second kappa shape index (κ2) is 6.76. The Kier molecular flexibility index (Phi) is 4.28. The summed E-state index contributed by atoms with van der Waals surface area (Å²) in [5.74, 6) is -0.201. The molecule has 0 aromatic heterocycles. The van der Waals surface area contributed by atoms with E-state index in [-0.39, 0.29) is 12.2 Å². The zero-order chi connectivity index (χ0) is 19.0. The van der Waals surface area contributed by atoms with Crippen molar-refractivity contribution in [1.82, 2.24) is 0 Å². The monoisotopic (exact) mass is 355 g/mol. The minimum absolute atomic E-state index is 0.126. The van der Waals surface area contributed by atoms with Crippen molar-refractivity contribution >= 4 is 33.9 Å². The third kappa shape index (κ3) is 2.91. The van der Waals surface area contributed by atoms with E-state index in [1.807, 2.05) is 30.3 Å². The zero-order valence-electron chi connectivity index (χ0n) is 15.2.